The normalized spacial score (nSPS) is 17.1. The van der Waals surface area contributed by atoms with Gasteiger partial charge in [-0.1, -0.05) is 35.9 Å². The Balaban J connectivity index is 1.28. The van der Waals surface area contributed by atoms with E-state index in [1.165, 1.54) is 29.5 Å². The summed E-state index contributed by atoms with van der Waals surface area (Å²) in [5, 5.41) is 3.81. The number of hydrogen-bond donors (Lipinski definition) is 2. The molecule has 1 fully saturated rings. The van der Waals surface area contributed by atoms with Crippen LogP contribution in [0.2, 0.25) is 0 Å². The van der Waals surface area contributed by atoms with E-state index in [9.17, 15) is 30.8 Å². The monoisotopic (exact) mass is 814 g/mol. The van der Waals surface area contributed by atoms with Crippen molar-refractivity contribution in [2.45, 2.75) is 74.6 Å². The lowest BCUT2D eigenvalue weighted by Crippen LogP contribution is -2.51. The maximum atomic E-state index is 14.5. The SMILES string of the molecule is CCOC(=O)CCc1cc2c(c(S(=O)(=O)N[C@@H](Cc3nc4ccccc4s3)C(=O)N3CCC(CCF)CC3)c1)NCC(COS(=O)(=O)c1ccc(C)cc1)C2. The molecule has 296 valence electrons. The van der Waals surface area contributed by atoms with Gasteiger partial charge in [0.1, 0.15) is 10.9 Å². The minimum Gasteiger partial charge on any atom is -0.466 e. The molecule has 6 rings (SSSR count). The number of likely N-dealkylation sites (tertiary alicyclic amines) is 1. The number of esters is 1. The lowest BCUT2D eigenvalue weighted by molar-refractivity contribution is -0.143. The average molecular weight is 815 g/mol. The number of fused-ring (bicyclic) bond motifs is 2. The highest BCUT2D eigenvalue weighted by Crippen LogP contribution is 2.35. The molecule has 0 spiro atoms. The van der Waals surface area contributed by atoms with Gasteiger partial charge < -0.3 is 15.0 Å². The number of alkyl halides is 1. The van der Waals surface area contributed by atoms with E-state index < -0.39 is 38.8 Å². The molecule has 3 aromatic carbocycles. The van der Waals surface area contributed by atoms with Crippen molar-refractivity contribution in [3.8, 4) is 0 Å². The Hall–Kier alpha value is -3.96. The molecule has 0 aliphatic carbocycles. The Bertz CT molecular complexity index is 2170. The Morgan fingerprint density at radius 1 is 1.05 bits per heavy atom. The summed E-state index contributed by atoms with van der Waals surface area (Å²) < 4.78 is 82.3. The van der Waals surface area contributed by atoms with Crippen LogP contribution in [-0.2, 0) is 57.9 Å². The number of halogens is 1. The number of carbonyl (C=O) groups excluding carboxylic acids is 2. The molecule has 4 aromatic rings. The zero-order chi connectivity index (χ0) is 39.2. The van der Waals surface area contributed by atoms with Gasteiger partial charge in [-0.05, 0) is 93.3 Å². The minimum absolute atomic E-state index is 0.0192. The molecule has 55 heavy (non-hydrogen) atoms. The second-order valence-electron chi connectivity index (χ2n) is 14.1. The second kappa shape index (κ2) is 17.9. The van der Waals surface area contributed by atoms with Crippen molar-refractivity contribution in [1.82, 2.24) is 14.6 Å². The quantitative estimate of drug-likeness (QED) is 0.108. The highest BCUT2D eigenvalue weighted by Gasteiger charge is 2.35. The molecule has 2 aliphatic rings. The van der Waals surface area contributed by atoms with Gasteiger partial charge in [-0.15, -0.1) is 11.3 Å². The number of ether oxygens (including phenoxy) is 1. The molecule has 3 heterocycles. The molecular weight excluding hydrogens is 768 g/mol. The smallest absolute Gasteiger partial charge is 0.306 e. The van der Waals surface area contributed by atoms with Crippen LogP contribution in [0.4, 0.5) is 10.1 Å². The number of rotatable bonds is 16. The number of aromatic nitrogens is 1. The fourth-order valence-corrected chi connectivity index (χ4v) is 10.5. The molecule has 2 aliphatic heterocycles. The first-order valence-corrected chi connectivity index (χ1v) is 22.3. The lowest BCUT2D eigenvalue weighted by Gasteiger charge is -2.34. The van der Waals surface area contributed by atoms with Crippen LogP contribution < -0.4 is 10.0 Å². The maximum Gasteiger partial charge on any atom is 0.306 e. The van der Waals surface area contributed by atoms with Crippen LogP contribution in [-0.4, -0.2) is 84.2 Å². The molecule has 0 bridgehead atoms. The number of aryl methyl sites for hydroxylation is 2. The fraction of sp³-hybridized carbons (Fsp3) is 0.462. The second-order valence-corrected chi connectivity index (χ2v) is 18.5. The van der Waals surface area contributed by atoms with E-state index in [0.29, 0.717) is 60.6 Å². The van der Waals surface area contributed by atoms with Crippen LogP contribution in [0.1, 0.15) is 54.3 Å². The van der Waals surface area contributed by atoms with Gasteiger partial charge in [0.25, 0.3) is 10.1 Å². The number of carbonyl (C=O) groups is 2. The highest BCUT2D eigenvalue weighted by atomic mass is 32.2. The third-order valence-corrected chi connectivity index (χ3v) is 13.9. The molecular formula is C39H47FN4O8S3. The average Bonchev–Trinajstić information content (AvgIpc) is 3.58. The number of nitrogens with one attached hydrogen (secondary N) is 2. The molecule has 0 saturated carbocycles. The van der Waals surface area contributed by atoms with E-state index in [0.717, 1.165) is 15.8 Å². The van der Waals surface area contributed by atoms with Gasteiger partial charge in [0.15, 0.2) is 0 Å². The number of para-hydroxylation sites is 1. The molecule has 2 N–H and O–H groups in total. The van der Waals surface area contributed by atoms with E-state index in [2.05, 4.69) is 15.0 Å². The number of thiazole rings is 1. The lowest BCUT2D eigenvalue weighted by atomic mass is 9.92. The Labute approximate surface area is 326 Å². The van der Waals surface area contributed by atoms with Crippen molar-refractivity contribution in [2.75, 3.05) is 44.8 Å². The van der Waals surface area contributed by atoms with E-state index in [-0.39, 0.29) is 66.6 Å². The van der Waals surface area contributed by atoms with Gasteiger partial charge in [0.05, 0.1) is 45.7 Å². The zero-order valence-electron chi connectivity index (χ0n) is 31.0. The van der Waals surface area contributed by atoms with Gasteiger partial charge in [-0.2, -0.15) is 13.1 Å². The van der Waals surface area contributed by atoms with Crippen molar-refractivity contribution in [3.05, 3.63) is 82.4 Å². The van der Waals surface area contributed by atoms with Crippen LogP contribution in [0.25, 0.3) is 10.2 Å². The third kappa shape index (κ3) is 10.3. The third-order valence-electron chi connectivity index (χ3n) is 10.1. The summed E-state index contributed by atoms with van der Waals surface area (Å²) in [6.45, 7) is 4.22. The van der Waals surface area contributed by atoms with Crippen LogP contribution in [0.15, 0.2) is 70.5 Å². The van der Waals surface area contributed by atoms with Gasteiger partial charge in [-0.25, -0.2) is 13.4 Å². The molecule has 1 saturated heterocycles. The maximum absolute atomic E-state index is 14.5. The Kier molecular flexibility index (Phi) is 13.2. The molecule has 16 heteroatoms. The predicted molar refractivity (Wildman–Crippen MR) is 209 cm³/mol. The summed E-state index contributed by atoms with van der Waals surface area (Å²) in [7, 11) is -8.42. The molecule has 12 nitrogen and oxygen atoms in total. The summed E-state index contributed by atoms with van der Waals surface area (Å²) in [4.78, 5) is 32.8. The number of benzene rings is 3. The summed E-state index contributed by atoms with van der Waals surface area (Å²) in [6.07, 6.45) is 2.23. The van der Waals surface area contributed by atoms with Crippen molar-refractivity contribution >= 4 is 59.3 Å². The highest BCUT2D eigenvalue weighted by molar-refractivity contribution is 7.89. The first-order valence-electron chi connectivity index (χ1n) is 18.6. The van der Waals surface area contributed by atoms with E-state index in [1.807, 2.05) is 37.3 Å². The van der Waals surface area contributed by atoms with E-state index >= 15 is 0 Å². The molecule has 1 amide bonds. The minimum atomic E-state index is -4.39. The standard InChI is InChI=1S/C39H47FN4O8S3/c1-3-51-37(45)13-10-28-20-30-21-29(25-52-55(49,50)31-11-8-26(2)9-12-31)24-41-38(30)35(22-28)54(47,48)43-33(23-36-42-32-6-4-5-7-34(32)53-36)39(46)44-18-15-27(14-17-40)16-19-44/h4-9,11-12,20,22,27,29,33,41,43H,3,10,13-19,21,23-25H2,1-2H3/t29?,33-/m0/s1. The largest absolute Gasteiger partial charge is 0.466 e. The summed E-state index contributed by atoms with van der Waals surface area (Å²) in [5.41, 5.74) is 3.17. The summed E-state index contributed by atoms with van der Waals surface area (Å²) in [5.74, 6) is -0.968. The number of nitrogens with zero attached hydrogens (tertiary/aromatic N) is 2. The number of piperidine rings is 1. The number of amides is 1. The topological polar surface area (TPSA) is 161 Å². The first-order chi connectivity index (χ1) is 26.3. The van der Waals surface area contributed by atoms with Crippen LogP contribution in [0.5, 0.6) is 0 Å². The van der Waals surface area contributed by atoms with Gasteiger partial charge >= 0.3 is 5.97 Å². The zero-order valence-corrected chi connectivity index (χ0v) is 33.4. The summed E-state index contributed by atoms with van der Waals surface area (Å²) in [6, 6.07) is 16.0. The Morgan fingerprint density at radius 3 is 2.51 bits per heavy atom. The van der Waals surface area contributed by atoms with Crippen molar-refractivity contribution < 1.29 is 39.7 Å². The predicted octanol–water partition coefficient (Wildman–Crippen LogP) is 5.58. The number of anilines is 1. The molecule has 1 aromatic heterocycles. The molecule has 2 atom stereocenters. The van der Waals surface area contributed by atoms with Gasteiger partial charge in [0.2, 0.25) is 15.9 Å². The molecule has 1 unspecified atom stereocenters. The number of sulfonamides is 1. The van der Waals surface area contributed by atoms with Crippen LogP contribution in [0, 0.1) is 18.8 Å². The number of hydrogen-bond acceptors (Lipinski definition) is 11. The van der Waals surface area contributed by atoms with Crippen LogP contribution in [0.3, 0.4) is 0 Å². The molecule has 0 radical (unpaired) electrons. The Morgan fingerprint density at radius 2 is 1.80 bits per heavy atom. The van der Waals surface area contributed by atoms with Crippen LogP contribution >= 0.6 is 11.3 Å². The summed E-state index contributed by atoms with van der Waals surface area (Å²) >= 11 is 1.39. The van der Waals surface area contributed by atoms with Crippen molar-refractivity contribution in [1.29, 1.82) is 0 Å². The van der Waals surface area contributed by atoms with E-state index in [4.69, 9.17) is 8.92 Å². The first kappa shape index (κ1) is 40.7. The van der Waals surface area contributed by atoms with Gasteiger partial charge in [0, 0.05) is 38.4 Å². The fourth-order valence-electron chi connectivity index (χ4n) is 7.07. The van der Waals surface area contributed by atoms with Crippen molar-refractivity contribution in [3.63, 3.8) is 0 Å². The van der Waals surface area contributed by atoms with Crippen molar-refractivity contribution in [2.24, 2.45) is 11.8 Å². The van der Waals surface area contributed by atoms with E-state index in [1.54, 1.807) is 24.0 Å². The van der Waals surface area contributed by atoms with Gasteiger partial charge in [-0.3, -0.25) is 18.2 Å².